The summed E-state index contributed by atoms with van der Waals surface area (Å²) in [6, 6.07) is 5.10. The molecule has 1 aromatic carbocycles. The van der Waals surface area contributed by atoms with Gasteiger partial charge < -0.3 is 5.73 Å². The lowest BCUT2D eigenvalue weighted by atomic mass is 10.1. The number of hydrogen-bond acceptors (Lipinski definition) is 4. The Bertz CT molecular complexity index is 470. The molecule has 0 spiro atoms. The van der Waals surface area contributed by atoms with Gasteiger partial charge in [0.25, 0.3) is 5.69 Å². The quantitative estimate of drug-likeness (QED) is 0.486. The summed E-state index contributed by atoms with van der Waals surface area (Å²) < 4.78 is 0. The van der Waals surface area contributed by atoms with E-state index < -0.39 is 0 Å². The summed E-state index contributed by atoms with van der Waals surface area (Å²) in [5.74, 6) is 0.794. The van der Waals surface area contributed by atoms with Crippen LogP contribution in [0.4, 0.5) is 11.4 Å². The lowest BCUT2D eigenvalue weighted by Gasteiger charge is -2.27. The summed E-state index contributed by atoms with van der Waals surface area (Å²) in [7, 11) is 0. The molecule has 0 aliphatic heterocycles. The van der Waals surface area contributed by atoms with Crippen molar-refractivity contribution in [1.82, 2.24) is 4.90 Å². The van der Waals surface area contributed by atoms with E-state index in [0.29, 0.717) is 18.3 Å². The summed E-state index contributed by atoms with van der Waals surface area (Å²) in [6.07, 6.45) is 2.60. The van der Waals surface area contributed by atoms with Gasteiger partial charge >= 0.3 is 0 Å². The van der Waals surface area contributed by atoms with Crippen LogP contribution < -0.4 is 5.73 Å². The highest BCUT2D eigenvalue weighted by molar-refractivity contribution is 5.52. The van der Waals surface area contributed by atoms with Crippen LogP contribution in [0, 0.1) is 16.0 Å². The number of nitrogens with two attached hydrogens (primary N) is 1. The third kappa shape index (κ3) is 3.67. The van der Waals surface area contributed by atoms with Gasteiger partial charge in [0, 0.05) is 37.0 Å². The van der Waals surface area contributed by atoms with Crippen molar-refractivity contribution in [2.75, 3.05) is 12.3 Å². The zero-order chi connectivity index (χ0) is 14.0. The molecule has 0 atom stereocenters. The minimum Gasteiger partial charge on any atom is -0.398 e. The standard InChI is InChI=1S/C14H21N3O2/c1-10(2)16(8-11-3-4-11)9-12-7-13(17(18)19)5-6-14(12)15/h5-7,10-11H,3-4,8-9,15H2,1-2H3. The van der Waals surface area contributed by atoms with Gasteiger partial charge in [-0.25, -0.2) is 0 Å². The number of nitrogen functional groups attached to an aromatic ring is 1. The minimum absolute atomic E-state index is 0.110. The molecule has 1 saturated carbocycles. The number of rotatable bonds is 6. The van der Waals surface area contributed by atoms with E-state index >= 15 is 0 Å². The summed E-state index contributed by atoms with van der Waals surface area (Å²) in [5, 5.41) is 10.8. The van der Waals surface area contributed by atoms with E-state index in [4.69, 9.17) is 5.73 Å². The van der Waals surface area contributed by atoms with Crippen molar-refractivity contribution in [3.63, 3.8) is 0 Å². The van der Waals surface area contributed by atoms with Gasteiger partial charge in [-0.2, -0.15) is 0 Å². The van der Waals surface area contributed by atoms with Gasteiger partial charge in [-0.1, -0.05) is 0 Å². The van der Waals surface area contributed by atoms with E-state index in [2.05, 4.69) is 18.7 Å². The second-order valence-corrected chi connectivity index (χ2v) is 5.61. The zero-order valence-electron chi connectivity index (χ0n) is 11.5. The highest BCUT2D eigenvalue weighted by Gasteiger charge is 2.26. The van der Waals surface area contributed by atoms with Gasteiger partial charge in [0.1, 0.15) is 0 Å². The van der Waals surface area contributed by atoms with Gasteiger partial charge in [0.2, 0.25) is 0 Å². The van der Waals surface area contributed by atoms with E-state index in [9.17, 15) is 10.1 Å². The van der Waals surface area contributed by atoms with E-state index in [1.54, 1.807) is 12.1 Å². The van der Waals surface area contributed by atoms with Crippen molar-refractivity contribution in [2.45, 2.75) is 39.3 Å². The zero-order valence-corrected chi connectivity index (χ0v) is 11.5. The highest BCUT2D eigenvalue weighted by atomic mass is 16.6. The van der Waals surface area contributed by atoms with Crippen molar-refractivity contribution in [3.8, 4) is 0 Å². The third-order valence-corrected chi connectivity index (χ3v) is 3.63. The molecule has 0 amide bonds. The van der Waals surface area contributed by atoms with Crippen molar-refractivity contribution >= 4 is 11.4 Å². The van der Waals surface area contributed by atoms with Crippen LogP contribution in [0.3, 0.4) is 0 Å². The number of hydrogen-bond donors (Lipinski definition) is 1. The second-order valence-electron chi connectivity index (χ2n) is 5.61. The van der Waals surface area contributed by atoms with E-state index in [-0.39, 0.29) is 10.6 Å². The Balaban J connectivity index is 2.14. The Kier molecular flexibility index (Phi) is 4.04. The van der Waals surface area contributed by atoms with Crippen LogP contribution in [-0.4, -0.2) is 22.4 Å². The largest absolute Gasteiger partial charge is 0.398 e. The van der Waals surface area contributed by atoms with Crippen molar-refractivity contribution < 1.29 is 4.92 Å². The molecule has 0 heterocycles. The fourth-order valence-electron chi connectivity index (χ4n) is 2.15. The number of benzene rings is 1. The van der Waals surface area contributed by atoms with E-state index in [1.165, 1.54) is 18.9 Å². The fraction of sp³-hybridized carbons (Fsp3) is 0.571. The first-order chi connectivity index (χ1) is 8.97. The molecular weight excluding hydrogens is 242 g/mol. The predicted octanol–water partition coefficient (Wildman–Crippen LogP) is 2.80. The van der Waals surface area contributed by atoms with Crippen molar-refractivity contribution in [2.24, 2.45) is 5.92 Å². The van der Waals surface area contributed by atoms with Crippen LogP contribution in [0.1, 0.15) is 32.3 Å². The predicted molar refractivity (Wildman–Crippen MR) is 75.8 cm³/mol. The van der Waals surface area contributed by atoms with Crippen molar-refractivity contribution in [1.29, 1.82) is 0 Å². The van der Waals surface area contributed by atoms with Crippen LogP contribution in [0.25, 0.3) is 0 Å². The van der Waals surface area contributed by atoms with E-state index in [0.717, 1.165) is 18.0 Å². The molecular formula is C14H21N3O2. The Morgan fingerprint density at radius 3 is 2.68 bits per heavy atom. The van der Waals surface area contributed by atoms with Crippen molar-refractivity contribution in [3.05, 3.63) is 33.9 Å². The second kappa shape index (κ2) is 5.57. The Morgan fingerprint density at radius 2 is 2.16 bits per heavy atom. The maximum atomic E-state index is 10.8. The smallest absolute Gasteiger partial charge is 0.269 e. The molecule has 0 unspecified atom stereocenters. The summed E-state index contributed by atoms with van der Waals surface area (Å²) in [5.41, 5.74) is 7.53. The Labute approximate surface area is 113 Å². The number of nitro benzene ring substituents is 1. The fourth-order valence-corrected chi connectivity index (χ4v) is 2.15. The molecule has 19 heavy (non-hydrogen) atoms. The summed E-state index contributed by atoms with van der Waals surface area (Å²) >= 11 is 0. The number of non-ortho nitro benzene ring substituents is 1. The Hall–Kier alpha value is -1.62. The molecule has 1 aromatic rings. The maximum Gasteiger partial charge on any atom is 0.269 e. The normalized spacial score (nSPS) is 15.2. The monoisotopic (exact) mass is 263 g/mol. The average molecular weight is 263 g/mol. The van der Waals surface area contributed by atoms with Gasteiger partial charge in [0.05, 0.1) is 4.92 Å². The van der Waals surface area contributed by atoms with Crippen LogP contribution in [0.2, 0.25) is 0 Å². The van der Waals surface area contributed by atoms with Gasteiger partial charge in [-0.05, 0) is 44.2 Å². The first-order valence-electron chi connectivity index (χ1n) is 6.74. The third-order valence-electron chi connectivity index (χ3n) is 3.63. The van der Waals surface area contributed by atoms with E-state index in [1.807, 2.05) is 0 Å². The van der Waals surface area contributed by atoms with Gasteiger partial charge in [-0.15, -0.1) is 0 Å². The summed E-state index contributed by atoms with van der Waals surface area (Å²) in [4.78, 5) is 12.8. The Morgan fingerprint density at radius 1 is 1.47 bits per heavy atom. The molecule has 1 aliphatic carbocycles. The topological polar surface area (TPSA) is 72.4 Å². The summed E-state index contributed by atoms with van der Waals surface area (Å²) in [6.45, 7) is 6.04. The SMILES string of the molecule is CC(C)N(Cc1cc([N+](=O)[O-])ccc1N)CC1CC1. The highest BCUT2D eigenvalue weighted by Crippen LogP contribution is 2.31. The minimum atomic E-state index is -0.371. The lowest BCUT2D eigenvalue weighted by Crippen LogP contribution is -2.32. The first kappa shape index (κ1) is 13.8. The van der Waals surface area contributed by atoms with Crippen LogP contribution in [-0.2, 0) is 6.54 Å². The molecule has 104 valence electrons. The van der Waals surface area contributed by atoms with Crippen LogP contribution >= 0.6 is 0 Å². The van der Waals surface area contributed by atoms with Gasteiger partial charge in [-0.3, -0.25) is 15.0 Å². The molecule has 1 fully saturated rings. The molecule has 0 saturated heterocycles. The first-order valence-corrected chi connectivity index (χ1v) is 6.74. The maximum absolute atomic E-state index is 10.8. The molecule has 5 nitrogen and oxygen atoms in total. The average Bonchev–Trinajstić information content (AvgIpc) is 3.14. The molecule has 1 aliphatic rings. The molecule has 2 rings (SSSR count). The number of nitro groups is 1. The van der Waals surface area contributed by atoms with Crippen LogP contribution in [0.5, 0.6) is 0 Å². The molecule has 2 N–H and O–H groups in total. The molecule has 5 heteroatoms. The van der Waals surface area contributed by atoms with Crippen LogP contribution in [0.15, 0.2) is 18.2 Å². The lowest BCUT2D eigenvalue weighted by molar-refractivity contribution is -0.384. The van der Waals surface area contributed by atoms with Gasteiger partial charge in [0.15, 0.2) is 0 Å². The molecule has 0 aromatic heterocycles. The number of nitrogens with zero attached hydrogens (tertiary/aromatic N) is 2. The number of anilines is 1. The molecule has 0 radical (unpaired) electrons. The molecule has 0 bridgehead atoms.